The van der Waals surface area contributed by atoms with Crippen LogP contribution in [0, 0.1) is 0 Å². The Morgan fingerprint density at radius 3 is 2.61 bits per heavy atom. The number of carboxylic acid groups (broad SMARTS) is 1. The summed E-state index contributed by atoms with van der Waals surface area (Å²) >= 11 is 5.94. The largest absolute Gasteiger partial charge is 0.480 e. The fraction of sp³-hybridized carbons (Fsp3) is 0.200. The van der Waals surface area contributed by atoms with Gasteiger partial charge < -0.3 is 9.67 Å². The van der Waals surface area contributed by atoms with Crippen LogP contribution in [-0.4, -0.2) is 29.0 Å². The summed E-state index contributed by atoms with van der Waals surface area (Å²) in [6.07, 6.45) is 3.89. The number of hydrogen-bond acceptors (Lipinski definition) is 4. The molecule has 0 saturated carbocycles. The molecule has 8 heteroatoms. The summed E-state index contributed by atoms with van der Waals surface area (Å²) in [5.74, 6) is -0.851. The molecule has 33 heavy (non-hydrogen) atoms. The zero-order valence-electron chi connectivity index (χ0n) is 17.6. The summed E-state index contributed by atoms with van der Waals surface area (Å²) in [6.45, 7) is 0. The number of para-hydroxylation sites is 1. The summed E-state index contributed by atoms with van der Waals surface area (Å²) in [6, 6.07) is 16.6. The fourth-order valence-electron chi connectivity index (χ4n) is 4.75. The monoisotopic (exact) mass is 480 g/mol. The van der Waals surface area contributed by atoms with Crippen LogP contribution in [-0.2, 0) is 27.5 Å². The van der Waals surface area contributed by atoms with Gasteiger partial charge in [0, 0.05) is 34.2 Å². The predicted molar refractivity (Wildman–Crippen MR) is 125 cm³/mol. The topological polar surface area (TPSA) is 89.3 Å². The lowest BCUT2D eigenvalue weighted by atomic mass is 9.97. The first-order valence-corrected chi connectivity index (χ1v) is 12.5. The van der Waals surface area contributed by atoms with E-state index in [4.69, 9.17) is 11.6 Å². The van der Waals surface area contributed by atoms with Gasteiger partial charge >= 0.3 is 5.97 Å². The number of halogens is 1. The highest BCUT2D eigenvalue weighted by Crippen LogP contribution is 2.38. The highest BCUT2D eigenvalue weighted by molar-refractivity contribution is 7.91. The molecule has 0 aliphatic carbocycles. The van der Waals surface area contributed by atoms with Gasteiger partial charge in [0.2, 0.25) is 9.84 Å². The number of aromatic nitrogens is 2. The van der Waals surface area contributed by atoms with Crippen molar-refractivity contribution in [2.24, 2.45) is 0 Å². The molecule has 1 atom stereocenters. The van der Waals surface area contributed by atoms with Crippen LogP contribution in [0.5, 0.6) is 0 Å². The minimum Gasteiger partial charge on any atom is -0.480 e. The number of rotatable bonds is 5. The van der Waals surface area contributed by atoms with Crippen LogP contribution in [0.1, 0.15) is 35.7 Å². The van der Waals surface area contributed by atoms with Crippen LogP contribution in [0.4, 0.5) is 0 Å². The number of benzene rings is 2. The highest BCUT2D eigenvalue weighted by atomic mass is 35.5. The number of carboxylic acids is 1. The van der Waals surface area contributed by atoms with Gasteiger partial charge in [-0.05, 0) is 66.8 Å². The van der Waals surface area contributed by atoms with Crippen LogP contribution < -0.4 is 0 Å². The van der Waals surface area contributed by atoms with E-state index in [2.05, 4.69) is 4.98 Å². The molecule has 168 valence electrons. The average Bonchev–Trinajstić information content (AvgIpc) is 3.13. The predicted octanol–water partition coefficient (Wildman–Crippen LogP) is 5.08. The summed E-state index contributed by atoms with van der Waals surface area (Å²) in [7, 11) is -3.86. The van der Waals surface area contributed by atoms with Crippen LogP contribution in [0.2, 0.25) is 5.02 Å². The van der Waals surface area contributed by atoms with Crippen molar-refractivity contribution in [1.82, 2.24) is 9.55 Å². The van der Waals surface area contributed by atoms with Crippen molar-refractivity contribution >= 4 is 38.3 Å². The highest BCUT2D eigenvalue weighted by Gasteiger charge is 2.31. The van der Waals surface area contributed by atoms with Gasteiger partial charge in [-0.15, -0.1) is 0 Å². The molecule has 6 nitrogen and oxygen atoms in total. The third-order valence-electron chi connectivity index (χ3n) is 6.21. The van der Waals surface area contributed by atoms with Crippen molar-refractivity contribution in [3.8, 4) is 0 Å². The van der Waals surface area contributed by atoms with E-state index in [0.717, 1.165) is 35.0 Å². The van der Waals surface area contributed by atoms with Crippen LogP contribution in [0.15, 0.2) is 76.8 Å². The second-order valence-corrected chi connectivity index (χ2v) is 10.5. The van der Waals surface area contributed by atoms with E-state index >= 15 is 0 Å². The molecule has 1 aliphatic heterocycles. The summed E-state index contributed by atoms with van der Waals surface area (Å²) in [5, 5.41) is 11.2. The van der Waals surface area contributed by atoms with E-state index in [-0.39, 0.29) is 9.92 Å². The molecular formula is C25H21ClN2O4S. The first-order chi connectivity index (χ1) is 15.9. The quantitative estimate of drug-likeness (QED) is 0.430. The van der Waals surface area contributed by atoms with E-state index in [9.17, 15) is 18.3 Å². The molecule has 1 N–H and O–H groups in total. The van der Waals surface area contributed by atoms with Crippen molar-refractivity contribution in [3.63, 3.8) is 0 Å². The van der Waals surface area contributed by atoms with Gasteiger partial charge in [0.15, 0.2) is 5.03 Å². The minimum absolute atomic E-state index is 0.00180. The Morgan fingerprint density at radius 1 is 1.09 bits per heavy atom. The van der Waals surface area contributed by atoms with E-state index in [1.165, 1.54) is 18.3 Å². The van der Waals surface area contributed by atoms with Crippen molar-refractivity contribution in [2.75, 3.05) is 0 Å². The Kier molecular flexibility index (Phi) is 5.46. The Morgan fingerprint density at radius 2 is 1.85 bits per heavy atom. The molecule has 0 bridgehead atoms. The maximum absolute atomic E-state index is 13.4. The minimum atomic E-state index is -3.86. The van der Waals surface area contributed by atoms with Crippen LogP contribution >= 0.6 is 11.6 Å². The van der Waals surface area contributed by atoms with E-state index < -0.39 is 21.8 Å². The van der Waals surface area contributed by atoms with Gasteiger partial charge in [-0.1, -0.05) is 35.9 Å². The number of hydrogen-bond donors (Lipinski definition) is 1. The maximum atomic E-state index is 13.4. The smallest absolute Gasteiger partial charge is 0.326 e. The first kappa shape index (κ1) is 21.7. The third kappa shape index (κ3) is 3.71. The number of carbonyl (C=O) groups is 1. The summed E-state index contributed by atoms with van der Waals surface area (Å²) in [5.41, 5.74) is 3.34. The normalized spacial score (nSPS) is 16.0. The molecule has 2 aromatic heterocycles. The first-order valence-electron chi connectivity index (χ1n) is 10.7. The third-order valence-corrected chi connectivity index (χ3v) is 8.23. The molecule has 2 aromatic carbocycles. The summed E-state index contributed by atoms with van der Waals surface area (Å²) < 4.78 is 28.7. The Hall–Kier alpha value is -3.16. The Bertz CT molecular complexity index is 1480. The number of fused-ring (bicyclic) bond motifs is 3. The molecule has 0 radical (unpaired) electrons. The van der Waals surface area contributed by atoms with Crippen molar-refractivity contribution in [3.05, 3.63) is 88.7 Å². The van der Waals surface area contributed by atoms with E-state index in [0.29, 0.717) is 23.4 Å². The molecule has 0 spiro atoms. The molecule has 0 saturated heterocycles. The summed E-state index contributed by atoms with van der Waals surface area (Å²) in [4.78, 5) is 16.3. The van der Waals surface area contributed by atoms with Gasteiger partial charge in [-0.25, -0.2) is 18.2 Å². The van der Waals surface area contributed by atoms with Gasteiger partial charge in [0.05, 0.1) is 4.90 Å². The molecule has 1 aliphatic rings. The Balaban J connectivity index is 1.66. The zero-order valence-corrected chi connectivity index (χ0v) is 19.2. The van der Waals surface area contributed by atoms with Gasteiger partial charge in [0.1, 0.15) is 6.04 Å². The lowest BCUT2D eigenvalue weighted by molar-refractivity contribution is -0.141. The maximum Gasteiger partial charge on any atom is 0.326 e. The molecule has 0 fully saturated rings. The van der Waals surface area contributed by atoms with Crippen molar-refractivity contribution < 1.29 is 18.3 Å². The Labute approximate surface area is 196 Å². The molecule has 3 heterocycles. The number of nitrogens with zero attached hydrogens (tertiary/aromatic N) is 2. The van der Waals surface area contributed by atoms with E-state index in [1.54, 1.807) is 24.3 Å². The molecular weight excluding hydrogens is 460 g/mol. The van der Waals surface area contributed by atoms with Crippen LogP contribution in [0.25, 0.3) is 10.9 Å². The number of aliphatic carboxylic acids is 1. The van der Waals surface area contributed by atoms with Gasteiger partial charge in [-0.3, -0.25) is 0 Å². The number of sulfone groups is 1. The SMILES string of the molecule is O=C(O)C1CCCc2c(Cc3cccnc3S(=O)(=O)c3ccc(Cl)cc3)c3ccccc3n21. The lowest BCUT2D eigenvalue weighted by Crippen LogP contribution is -2.25. The molecule has 0 amide bonds. The standard InChI is InChI=1S/C25H21ClN2O4S/c26-17-10-12-18(13-11-17)33(31,32)24-16(5-4-14-27-24)15-20-19-6-1-2-7-21(19)28-22(20)8-3-9-23(28)25(29)30/h1-2,4-7,10-14,23H,3,8-9,15H2,(H,29,30). The van der Waals surface area contributed by atoms with Crippen molar-refractivity contribution in [1.29, 1.82) is 0 Å². The lowest BCUT2D eigenvalue weighted by Gasteiger charge is -2.24. The molecule has 1 unspecified atom stereocenters. The zero-order chi connectivity index (χ0) is 23.2. The second-order valence-electron chi connectivity index (χ2n) is 8.16. The van der Waals surface area contributed by atoms with Gasteiger partial charge in [0.25, 0.3) is 0 Å². The van der Waals surface area contributed by atoms with Crippen molar-refractivity contribution in [2.45, 2.75) is 41.6 Å². The fourth-order valence-corrected chi connectivity index (χ4v) is 6.28. The van der Waals surface area contributed by atoms with Crippen LogP contribution in [0.3, 0.4) is 0 Å². The molecule has 5 rings (SSSR count). The van der Waals surface area contributed by atoms with E-state index in [1.807, 2.05) is 28.8 Å². The average molecular weight is 481 g/mol. The molecule has 4 aromatic rings. The second kappa shape index (κ2) is 8.32. The number of pyridine rings is 1. The van der Waals surface area contributed by atoms with Gasteiger partial charge in [-0.2, -0.15) is 0 Å².